The summed E-state index contributed by atoms with van der Waals surface area (Å²) >= 11 is 1.39. The highest BCUT2D eigenvalue weighted by Gasteiger charge is 2.53. The molecule has 1 aromatic heterocycles. The Kier molecular flexibility index (Phi) is 7.93. The molecule has 3 rings (SSSR count). The van der Waals surface area contributed by atoms with Gasteiger partial charge in [0.05, 0.1) is 0 Å². The van der Waals surface area contributed by atoms with Gasteiger partial charge in [-0.25, -0.2) is 4.79 Å². The Morgan fingerprint density at radius 1 is 1.35 bits per heavy atom. The first-order valence-electron chi connectivity index (χ1n) is 9.19. The number of carbonyl (C=O) groups excluding carboxylic acids is 2. The Bertz CT molecular complexity index is 968. The topological polar surface area (TPSA) is 122 Å². The summed E-state index contributed by atoms with van der Waals surface area (Å²) < 4.78 is 6.10. The predicted molar refractivity (Wildman–Crippen MR) is 119 cm³/mol. The maximum absolute atomic E-state index is 12.7. The van der Waals surface area contributed by atoms with Gasteiger partial charge >= 0.3 is 5.97 Å². The second kappa shape index (κ2) is 10.6. The summed E-state index contributed by atoms with van der Waals surface area (Å²) in [5, 5.41) is 20.4. The number of carbonyl (C=O) groups is 3. The standard InChI is InChI=1S/C19H20N4O5S3/c1-3-7-13(18(26)27)23-16(25)15(17(23)30-31-19-22-21-11(2)29-19)20-14(24)10-28-12-8-5-4-6-9-12/h3-9,13,15,17H,10H2,1-2H3,(H,20,24)(H,26,27)/b7-3-. The van der Waals surface area contributed by atoms with Gasteiger partial charge in [-0.3, -0.25) is 9.59 Å². The number of aliphatic carboxylic acids is 1. The van der Waals surface area contributed by atoms with Gasteiger partial charge in [0.2, 0.25) is 5.91 Å². The molecule has 0 radical (unpaired) electrons. The maximum Gasteiger partial charge on any atom is 0.330 e. The van der Waals surface area contributed by atoms with Crippen LogP contribution in [0.5, 0.6) is 5.75 Å². The minimum absolute atomic E-state index is 0.259. The monoisotopic (exact) mass is 480 g/mol. The number of allylic oxidation sites excluding steroid dienone is 1. The van der Waals surface area contributed by atoms with Crippen LogP contribution in [0.15, 0.2) is 46.8 Å². The Labute approximate surface area is 190 Å². The van der Waals surface area contributed by atoms with Crippen LogP contribution in [0.1, 0.15) is 11.9 Å². The van der Waals surface area contributed by atoms with Crippen LogP contribution in [0.3, 0.4) is 0 Å². The Balaban J connectivity index is 1.68. The fourth-order valence-corrected chi connectivity index (χ4v) is 6.48. The van der Waals surface area contributed by atoms with Crippen molar-refractivity contribution in [2.75, 3.05) is 6.61 Å². The molecular weight excluding hydrogens is 460 g/mol. The smallest absolute Gasteiger partial charge is 0.330 e. The fraction of sp³-hybridized carbons (Fsp3) is 0.316. The third-order valence-corrected chi connectivity index (χ3v) is 7.98. The molecule has 12 heteroatoms. The predicted octanol–water partition coefficient (Wildman–Crippen LogP) is 2.35. The molecule has 164 valence electrons. The zero-order valence-electron chi connectivity index (χ0n) is 16.6. The number of hydrogen-bond acceptors (Lipinski definition) is 9. The van der Waals surface area contributed by atoms with Crippen LogP contribution >= 0.6 is 32.9 Å². The second-order valence-corrected chi connectivity index (χ2v) is 10.1. The number of para-hydroxylation sites is 1. The van der Waals surface area contributed by atoms with Crippen molar-refractivity contribution in [3.05, 3.63) is 47.5 Å². The van der Waals surface area contributed by atoms with Crippen LogP contribution in [0, 0.1) is 6.92 Å². The average molecular weight is 481 g/mol. The van der Waals surface area contributed by atoms with Gasteiger partial charge in [0, 0.05) is 0 Å². The van der Waals surface area contributed by atoms with E-state index in [1.807, 2.05) is 13.0 Å². The van der Waals surface area contributed by atoms with E-state index in [1.54, 1.807) is 37.3 Å². The number of hydrogen-bond donors (Lipinski definition) is 2. The van der Waals surface area contributed by atoms with Crippen molar-refractivity contribution >= 4 is 50.7 Å². The second-order valence-electron chi connectivity index (χ2n) is 6.36. The molecule has 2 heterocycles. The largest absolute Gasteiger partial charge is 0.484 e. The lowest BCUT2D eigenvalue weighted by Crippen LogP contribution is -2.72. The quantitative estimate of drug-likeness (QED) is 0.300. The summed E-state index contributed by atoms with van der Waals surface area (Å²) in [5.74, 6) is -1.55. The van der Waals surface area contributed by atoms with Gasteiger partial charge in [-0.15, -0.1) is 10.2 Å². The van der Waals surface area contributed by atoms with E-state index in [9.17, 15) is 19.5 Å². The van der Waals surface area contributed by atoms with E-state index in [1.165, 1.54) is 43.9 Å². The van der Waals surface area contributed by atoms with Crippen LogP contribution in [0.25, 0.3) is 0 Å². The van der Waals surface area contributed by atoms with Crippen molar-refractivity contribution in [2.24, 2.45) is 0 Å². The molecule has 1 saturated heterocycles. The van der Waals surface area contributed by atoms with Gasteiger partial charge < -0.3 is 20.1 Å². The third-order valence-electron chi connectivity index (χ3n) is 4.16. The maximum atomic E-state index is 12.7. The summed E-state index contributed by atoms with van der Waals surface area (Å²) in [5.41, 5.74) is 0. The van der Waals surface area contributed by atoms with Gasteiger partial charge in [-0.1, -0.05) is 52.5 Å². The van der Waals surface area contributed by atoms with Gasteiger partial charge in [-0.05, 0) is 36.8 Å². The lowest BCUT2D eigenvalue weighted by molar-refractivity contribution is -0.159. The van der Waals surface area contributed by atoms with E-state index in [-0.39, 0.29) is 6.61 Å². The van der Waals surface area contributed by atoms with Crippen LogP contribution in [-0.4, -0.2) is 62.1 Å². The number of ether oxygens (including phenoxy) is 1. The first-order valence-corrected chi connectivity index (χ1v) is 12.2. The van der Waals surface area contributed by atoms with Gasteiger partial charge in [0.15, 0.2) is 10.9 Å². The Morgan fingerprint density at radius 2 is 2.10 bits per heavy atom. The van der Waals surface area contributed by atoms with Crippen LogP contribution in [-0.2, 0) is 14.4 Å². The molecule has 1 aromatic carbocycles. The van der Waals surface area contributed by atoms with Crippen molar-refractivity contribution in [1.29, 1.82) is 0 Å². The lowest BCUT2D eigenvalue weighted by atomic mass is 10.0. The molecule has 2 aromatic rings. The molecular formula is C19H20N4O5S3. The number of benzene rings is 1. The van der Waals surface area contributed by atoms with E-state index >= 15 is 0 Å². The molecule has 31 heavy (non-hydrogen) atoms. The minimum atomic E-state index is -1.15. The molecule has 2 amide bonds. The lowest BCUT2D eigenvalue weighted by Gasteiger charge is -2.48. The highest BCUT2D eigenvalue weighted by atomic mass is 33.1. The molecule has 2 N–H and O–H groups in total. The minimum Gasteiger partial charge on any atom is -0.484 e. The summed E-state index contributed by atoms with van der Waals surface area (Å²) in [6.45, 7) is 3.25. The normalized spacial score (nSPS) is 19.2. The average Bonchev–Trinajstić information content (AvgIpc) is 3.18. The number of amides is 2. The van der Waals surface area contributed by atoms with E-state index in [0.29, 0.717) is 10.1 Å². The van der Waals surface area contributed by atoms with Crippen molar-refractivity contribution in [1.82, 2.24) is 20.4 Å². The number of carboxylic acid groups (broad SMARTS) is 1. The molecule has 3 unspecified atom stereocenters. The molecule has 9 nitrogen and oxygen atoms in total. The van der Waals surface area contributed by atoms with Crippen LogP contribution in [0.4, 0.5) is 0 Å². The van der Waals surface area contributed by atoms with Crippen molar-refractivity contribution in [3.63, 3.8) is 0 Å². The summed E-state index contributed by atoms with van der Waals surface area (Å²) in [6.07, 6.45) is 3.01. The molecule has 0 bridgehead atoms. The van der Waals surface area contributed by atoms with Crippen molar-refractivity contribution in [3.8, 4) is 5.75 Å². The molecule has 3 atom stereocenters. The first-order chi connectivity index (χ1) is 14.9. The molecule has 1 aliphatic rings. The zero-order chi connectivity index (χ0) is 22.4. The Morgan fingerprint density at radius 3 is 2.71 bits per heavy atom. The first kappa shape index (κ1) is 23.1. The number of likely N-dealkylation sites (tertiary alicyclic amines) is 1. The van der Waals surface area contributed by atoms with Gasteiger partial charge in [0.1, 0.15) is 28.2 Å². The van der Waals surface area contributed by atoms with Crippen LogP contribution < -0.4 is 10.1 Å². The molecule has 0 saturated carbocycles. The zero-order valence-corrected chi connectivity index (χ0v) is 19.1. The number of nitrogens with one attached hydrogen (secondary N) is 1. The molecule has 1 fully saturated rings. The van der Waals surface area contributed by atoms with E-state index in [0.717, 1.165) is 5.01 Å². The van der Waals surface area contributed by atoms with Gasteiger partial charge in [-0.2, -0.15) is 0 Å². The number of rotatable bonds is 10. The molecule has 1 aliphatic heterocycles. The summed E-state index contributed by atoms with van der Waals surface area (Å²) in [7, 11) is 2.54. The van der Waals surface area contributed by atoms with Gasteiger partial charge in [0.25, 0.3) is 5.91 Å². The number of β-lactam (4-membered cyclic amide) rings is 1. The SMILES string of the molecule is C/C=C\C(C(=O)O)N1C(=O)C(NC(=O)COc2ccccc2)C1SSc1nnc(C)s1. The highest BCUT2D eigenvalue weighted by molar-refractivity contribution is 8.77. The van der Waals surface area contributed by atoms with E-state index in [4.69, 9.17) is 4.74 Å². The number of carboxylic acids is 1. The fourth-order valence-electron chi connectivity index (χ4n) is 2.78. The highest BCUT2D eigenvalue weighted by Crippen LogP contribution is 2.43. The molecule has 0 spiro atoms. The number of aromatic nitrogens is 2. The van der Waals surface area contributed by atoms with E-state index < -0.39 is 35.2 Å². The third kappa shape index (κ3) is 5.77. The summed E-state index contributed by atoms with van der Waals surface area (Å²) in [4.78, 5) is 38.0. The Hall–Kier alpha value is -2.57. The number of aryl methyl sites for hydroxylation is 1. The van der Waals surface area contributed by atoms with Crippen molar-refractivity contribution in [2.45, 2.75) is 35.6 Å². The van der Waals surface area contributed by atoms with Crippen LogP contribution in [0.2, 0.25) is 0 Å². The van der Waals surface area contributed by atoms with E-state index in [2.05, 4.69) is 15.5 Å². The molecule has 0 aliphatic carbocycles. The number of nitrogens with zero attached hydrogens (tertiary/aromatic N) is 3. The summed E-state index contributed by atoms with van der Waals surface area (Å²) in [6, 6.07) is 6.84. The van der Waals surface area contributed by atoms with Crippen molar-refractivity contribution < 1.29 is 24.2 Å².